The maximum atomic E-state index is 13.9. The summed E-state index contributed by atoms with van der Waals surface area (Å²) in [5.41, 5.74) is 1.73. The van der Waals surface area contributed by atoms with Gasteiger partial charge in [-0.3, -0.25) is 24.0 Å². The lowest BCUT2D eigenvalue weighted by molar-refractivity contribution is -0.143. The van der Waals surface area contributed by atoms with Crippen molar-refractivity contribution >= 4 is 29.5 Å². The molecule has 2 aromatic rings. The molecule has 2 aromatic carbocycles. The van der Waals surface area contributed by atoms with E-state index in [4.69, 9.17) is 0 Å². The number of carbonyl (C=O) groups excluding carboxylic acids is 5. The van der Waals surface area contributed by atoms with Crippen LogP contribution < -0.4 is 16.0 Å². The highest BCUT2D eigenvalue weighted by Crippen LogP contribution is 2.23. The van der Waals surface area contributed by atoms with Crippen LogP contribution >= 0.6 is 0 Å². The summed E-state index contributed by atoms with van der Waals surface area (Å²) >= 11 is 0. The van der Waals surface area contributed by atoms with Crippen molar-refractivity contribution in [2.24, 2.45) is 0 Å². The fourth-order valence-corrected chi connectivity index (χ4v) is 6.05. The van der Waals surface area contributed by atoms with Gasteiger partial charge < -0.3 is 25.8 Å². The minimum absolute atomic E-state index is 0.239. The van der Waals surface area contributed by atoms with E-state index >= 15 is 0 Å². The van der Waals surface area contributed by atoms with Crippen LogP contribution in [0.25, 0.3) is 0 Å². The van der Waals surface area contributed by atoms with E-state index in [1.165, 1.54) is 9.80 Å². The van der Waals surface area contributed by atoms with E-state index < -0.39 is 47.9 Å². The fraction of sp³-hybridized carbons (Fsp3) is 0.452. The van der Waals surface area contributed by atoms with Gasteiger partial charge in [0.05, 0.1) is 0 Å². The van der Waals surface area contributed by atoms with Crippen LogP contribution in [0.4, 0.5) is 0 Å². The van der Waals surface area contributed by atoms with Gasteiger partial charge in [-0.25, -0.2) is 0 Å². The lowest BCUT2D eigenvalue weighted by atomic mass is 10.0. The molecular formula is C31H37N5O5. The average Bonchev–Trinajstić information content (AvgIpc) is 3.67. The molecule has 0 saturated carbocycles. The molecule has 10 nitrogen and oxygen atoms in total. The highest BCUT2D eigenvalue weighted by Gasteiger charge is 2.42. The van der Waals surface area contributed by atoms with Crippen molar-refractivity contribution in [2.45, 2.75) is 75.7 Å². The Bertz CT molecular complexity index is 1290. The van der Waals surface area contributed by atoms with Gasteiger partial charge in [0, 0.05) is 25.9 Å². The molecule has 0 unspecified atom stereocenters. The Balaban J connectivity index is 1.49. The van der Waals surface area contributed by atoms with Gasteiger partial charge in [-0.15, -0.1) is 0 Å². The van der Waals surface area contributed by atoms with Crippen LogP contribution in [-0.2, 0) is 36.8 Å². The molecule has 0 radical (unpaired) electrons. The Morgan fingerprint density at radius 1 is 0.610 bits per heavy atom. The third-order valence-corrected chi connectivity index (χ3v) is 8.22. The normalized spacial score (nSPS) is 27.7. The average molecular weight is 560 g/mol. The van der Waals surface area contributed by atoms with Crippen molar-refractivity contribution in [3.63, 3.8) is 0 Å². The molecule has 0 spiro atoms. The molecular weight excluding hydrogens is 522 g/mol. The van der Waals surface area contributed by atoms with Gasteiger partial charge in [0.15, 0.2) is 0 Å². The van der Waals surface area contributed by atoms with Gasteiger partial charge in [-0.2, -0.15) is 0 Å². The van der Waals surface area contributed by atoms with E-state index in [1.807, 2.05) is 60.7 Å². The number of rotatable bonds is 4. The number of carbonyl (C=O) groups is 5. The summed E-state index contributed by atoms with van der Waals surface area (Å²) in [4.78, 5) is 71.1. The van der Waals surface area contributed by atoms with Gasteiger partial charge >= 0.3 is 0 Å². The molecule has 3 heterocycles. The van der Waals surface area contributed by atoms with E-state index in [2.05, 4.69) is 16.0 Å². The molecule has 41 heavy (non-hydrogen) atoms. The van der Waals surface area contributed by atoms with Crippen LogP contribution in [0.15, 0.2) is 60.7 Å². The number of nitrogens with one attached hydrogen (secondary N) is 3. The standard InChI is InChI=1S/C31H37N5O5/c1-20-27(37)33-23(18-21-10-4-2-5-11-21)30(40)36-17-9-15-26(36)29(39)34-24(19-22-12-6-3-7-13-22)31(41)35-16-8-14-25(35)28(38)32-20/h2-7,10-13,20,23-26H,8-9,14-19H2,1H3,(H,32,38)(H,33,37)(H,34,39)/t20-,23-,24-,25-,26-/m0/s1. The molecule has 3 saturated heterocycles. The maximum absolute atomic E-state index is 13.9. The first-order chi connectivity index (χ1) is 19.8. The predicted octanol–water partition coefficient (Wildman–Crippen LogP) is 0.942. The molecule has 5 rings (SSSR count). The largest absolute Gasteiger partial charge is 0.343 e. The van der Waals surface area contributed by atoms with Crippen molar-refractivity contribution in [2.75, 3.05) is 13.1 Å². The highest BCUT2D eigenvalue weighted by atomic mass is 16.2. The zero-order chi connectivity index (χ0) is 28.9. The van der Waals surface area contributed by atoms with Crippen molar-refractivity contribution in [3.05, 3.63) is 71.8 Å². The maximum Gasteiger partial charge on any atom is 0.246 e. The van der Waals surface area contributed by atoms with Crippen LogP contribution in [-0.4, -0.2) is 82.6 Å². The number of hydrogen-bond acceptors (Lipinski definition) is 5. The first-order valence-corrected chi connectivity index (χ1v) is 14.4. The number of fused-ring (bicyclic) bond motifs is 2. The summed E-state index contributed by atoms with van der Waals surface area (Å²) in [5, 5.41) is 8.53. The molecule has 10 heteroatoms. The summed E-state index contributed by atoms with van der Waals surface area (Å²) in [5.74, 6) is -2.03. The van der Waals surface area contributed by atoms with Crippen LogP contribution in [0, 0.1) is 0 Å². The summed E-state index contributed by atoms with van der Waals surface area (Å²) in [7, 11) is 0. The van der Waals surface area contributed by atoms with Gasteiger partial charge in [0.25, 0.3) is 0 Å². The summed E-state index contributed by atoms with van der Waals surface area (Å²) in [6, 6.07) is 14.5. The van der Waals surface area contributed by atoms with E-state index in [0.717, 1.165) is 11.1 Å². The monoisotopic (exact) mass is 559 g/mol. The molecule has 0 bridgehead atoms. The third kappa shape index (κ3) is 6.42. The van der Waals surface area contributed by atoms with Crippen molar-refractivity contribution < 1.29 is 24.0 Å². The predicted molar refractivity (Wildman–Crippen MR) is 151 cm³/mol. The van der Waals surface area contributed by atoms with E-state index in [1.54, 1.807) is 6.92 Å². The fourth-order valence-electron chi connectivity index (χ4n) is 6.05. The minimum Gasteiger partial charge on any atom is -0.343 e. The highest BCUT2D eigenvalue weighted by molar-refractivity contribution is 5.98. The number of hydrogen-bond donors (Lipinski definition) is 3. The zero-order valence-electron chi connectivity index (χ0n) is 23.3. The van der Waals surface area contributed by atoms with Crippen LogP contribution in [0.1, 0.15) is 43.7 Å². The quantitative estimate of drug-likeness (QED) is 0.514. The second-order valence-corrected chi connectivity index (χ2v) is 11.1. The van der Waals surface area contributed by atoms with Crippen molar-refractivity contribution in [1.82, 2.24) is 25.8 Å². The van der Waals surface area contributed by atoms with Gasteiger partial charge in [0.1, 0.15) is 30.2 Å². The molecule has 0 aliphatic carbocycles. The molecule has 5 amide bonds. The number of nitrogens with zero attached hydrogens (tertiary/aromatic N) is 2. The topological polar surface area (TPSA) is 128 Å². The Hall–Kier alpha value is -4.21. The lowest BCUT2D eigenvalue weighted by Crippen LogP contribution is -2.57. The zero-order valence-corrected chi connectivity index (χ0v) is 23.3. The third-order valence-electron chi connectivity index (χ3n) is 8.22. The molecule has 3 aliphatic heterocycles. The van der Waals surface area contributed by atoms with Gasteiger partial charge in [0.2, 0.25) is 29.5 Å². The summed E-state index contributed by atoms with van der Waals surface area (Å²) in [6.45, 7) is 2.32. The molecule has 216 valence electrons. The first kappa shape index (κ1) is 28.3. The molecule has 3 N–H and O–H groups in total. The minimum atomic E-state index is -0.925. The van der Waals surface area contributed by atoms with E-state index in [0.29, 0.717) is 38.8 Å². The SMILES string of the molecule is C[C@@H]1NC(=O)[C@@H]2CCCN2C(=O)[C@H](Cc2ccccc2)NC(=O)[C@@H]2CCCN2C(=O)[C@H](Cc2ccccc2)NC1=O. The summed E-state index contributed by atoms with van der Waals surface area (Å²) in [6.07, 6.45) is 2.68. The smallest absolute Gasteiger partial charge is 0.246 e. The molecule has 3 fully saturated rings. The first-order valence-electron chi connectivity index (χ1n) is 14.4. The number of amides is 5. The summed E-state index contributed by atoms with van der Waals surface area (Å²) < 4.78 is 0. The second-order valence-electron chi connectivity index (χ2n) is 11.1. The number of benzene rings is 2. The van der Waals surface area contributed by atoms with E-state index in [9.17, 15) is 24.0 Å². The second kappa shape index (κ2) is 12.5. The lowest BCUT2D eigenvalue weighted by Gasteiger charge is -2.31. The molecule has 3 aliphatic rings. The van der Waals surface area contributed by atoms with E-state index in [-0.39, 0.29) is 24.7 Å². The Kier molecular flexibility index (Phi) is 8.66. The van der Waals surface area contributed by atoms with Crippen LogP contribution in [0.3, 0.4) is 0 Å². The Morgan fingerprint density at radius 3 is 1.49 bits per heavy atom. The molecule has 0 aromatic heterocycles. The molecule has 5 atom stereocenters. The van der Waals surface area contributed by atoms with Crippen molar-refractivity contribution in [3.8, 4) is 0 Å². The Labute approximate surface area is 239 Å². The van der Waals surface area contributed by atoms with Crippen molar-refractivity contribution in [1.29, 1.82) is 0 Å². The van der Waals surface area contributed by atoms with Crippen LogP contribution in [0.5, 0.6) is 0 Å². The van der Waals surface area contributed by atoms with Gasteiger partial charge in [-0.1, -0.05) is 60.7 Å². The van der Waals surface area contributed by atoms with Gasteiger partial charge in [-0.05, 0) is 43.7 Å². The Morgan fingerprint density at radius 2 is 1.02 bits per heavy atom. The van der Waals surface area contributed by atoms with Crippen LogP contribution in [0.2, 0.25) is 0 Å².